The molecular weight excluding hydrogens is 391 g/mol. The van der Waals surface area contributed by atoms with Gasteiger partial charge in [0.2, 0.25) is 0 Å². The highest BCUT2D eigenvalue weighted by Gasteiger charge is 2.36. The highest BCUT2D eigenvalue weighted by atomic mass is 31.2. The number of aromatic nitrogens is 1. The third kappa shape index (κ3) is 6.27. The molecule has 0 radical (unpaired) electrons. The molecule has 1 amide bonds. The minimum atomic E-state index is -3.44. The molecule has 0 saturated carbocycles. The van der Waals surface area contributed by atoms with E-state index in [1.54, 1.807) is 24.8 Å². The van der Waals surface area contributed by atoms with Gasteiger partial charge in [-0.3, -0.25) is 4.57 Å². The summed E-state index contributed by atoms with van der Waals surface area (Å²) < 4.78 is 29.6. The SMILES string of the molecule is CCOP(=O)(OCC)c1ccc2c(n1)CC(CC(C)C)N(C(=O)OC(C)(C)C)C2. The Labute approximate surface area is 174 Å². The monoisotopic (exact) mass is 426 g/mol. The van der Waals surface area contributed by atoms with E-state index < -0.39 is 13.2 Å². The molecule has 1 aromatic rings. The normalized spacial score (nSPS) is 17.4. The van der Waals surface area contributed by atoms with Gasteiger partial charge in [0.25, 0.3) is 0 Å². The maximum Gasteiger partial charge on any atom is 0.410 e. The van der Waals surface area contributed by atoms with Crippen LogP contribution in [0.2, 0.25) is 0 Å². The van der Waals surface area contributed by atoms with Gasteiger partial charge >= 0.3 is 13.7 Å². The van der Waals surface area contributed by atoms with E-state index in [9.17, 15) is 9.36 Å². The average molecular weight is 426 g/mol. The van der Waals surface area contributed by atoms with E-state index in [0.717, 1.165) is 17.7 Å². The van der Waals surface area contributed by atoms with Gasteiger partial charge in [-0.25, -0.2) is 9.78 Å². The Morgan fingerprint density at radius 2 is 1.86 bits per heavy atom. The molecule has 0 aromatic carbocycles. The maximum atomic E-state index is 13.1. The second-order valence-electron chi connectivity index (χ2n) is 8.70. The van der Waals surface area contributed by atoms with Gasteiger partial charge in [-0.15, -0.1) is 0 Å². The van der Waals surface area contributed by atoms with Crippen LogP contribution >= 0.6 is 7.60 Å². The van der Waals surface area contributed by atoms with Crippen LogP contribution in [0, 0.1) is 5.92 Å². The summed E-state index contributed by atoms with van der Waals surface area (Å²) >= 11 is 0. The van der Waals surface area contributed by atoms with E-state index in [-0.39, 0.29) is 25.3 Å². The molecule has 0 saturated heterocycles. The fraction of sp³-hybridized carbons (Fsp3) is 0.714. The summed E-state index contributed by atoms with van der Waals surface area (Å²) in [5, 5.41) is 0. The summed E-state index contributed by atoms with van der Waals surface area (Å²) in [6.45, 7) is 14.4. The summed E-state index contributed by atoms with van der Waals surface area (Å²) in [6, 6.07) is 3.52. The van der Waals surface area contributed by atoms with Gasteiger partial charge in [0.1, 0.15) is 5.60 Å². The highest BCUT2D eigenvalue weighted by molar-refractivity contribution is 7.61. The fourth-order valence-corrected chi connectivity index (χ4v) is 4.96. The predicted octanol–water partition coefficient (Wildman–Crippen LogP) is 4.68. The lowest BCUT2D eigenvalue weighted by molar-refractivity contribution is 0.00949. The number of fused-ring (bicyclic) bond motifs is 1. The molecule has 8 heteroatoms. The van der Waals surface area contributed by atoms with E-state index in [1.807, 2.05) is 26.8 Å². The van der Waals surface area contributed by atoms with Crippen molar-refractivity contribution >= 4 is 19.1 Å². The largest absolute Gasteiger partial charge is 0.444 e. The molecule has 2 heterocycles. The molecule has 1 aliphatic rings. The van der Waals surface area contributed by atoms with Crippen LogP contribution < -0.4 is 5.44 Å². The Hall–Kier alpha value is -1.43. The lowest BCUT2D eigenvalue weighted by atomic mass is 9.92. The Kier molecular flexibility index (Phi) is 7.88. The molecule has 0 bridgehead atoms. The lowest BCUT2D eigenvalue weighted by Crippen LogP contribution is -2.47. The van der Waals surface area contributed by atoms with E-state index in [0.29, 0.717) is 24.3 Å². The van der Waals surface area contributed by atoms with Crippen molar-refractivity contribution in [2.45, 2.75) is 79.5 Å². The van der Waals surface area contributed by atoms with Gasteiger partial charge in [0, 0.05) is 18.2 Å². The molecule has 1 aromatic heterocycles. The van der Waals surface area contributed by atoms with Crippen LogP contribution in [0.3, 0.4) is 0 Å². The number of rotatable bonds is 7. The quantitative estimate of drug-likeness (QED) is 0.589. The minimum Gasteiger partial charge on any atom is -0.444 e. The first-order valence-electron chi connectivity index (χ1n) is 10.4. The van der Waals surface area contributed by atoms with Crippen LogP contribution in [0.15, 0.2) is 12.1 Å². The van der Waals surface area contributed by atoms with Crippen LogP contribution in [0.5, 0.6) is 0 Å². The van der Waals surface area contributed by atoms with Gasteiger partial charge in [0.15, 0.2) is 5.44 Å². The molecule has 0 fully saturated rings. The number of hydrogen-bond acceptors (Lipinski definition) is 6. The van der Waals surface area contributed by atoms with Gasteiger partial charge in [-0.2, -0.15) is 0 Å². The number of carbonyl (C=O) groups is 1. The summed E-state index contributed by atoms with van der Waals surface area (Å²) in [4.78, 5) is 19.3. The Morgan fingerprint density at radius 3 is 2.38 bits per heavy atom. The van der Waals surface area contributed by atoms with Crippen molar-refractivity contribution in [2.75, 3.05) is 13.2 Å². The number of pyridine rings is 1. The smallest absolute Gasteiger partial charge is 0.410 e. The van der Waals surface area contributed by atoms with Crippen LogP contribution in [-0.2, 0) is 31.3 Å². The molecule has 0 N–H and O–H groups in total. The topological polar surface area (TPSA) is 78.0 Å². The number of ether oxygens (including phenoxy) is 1. The van der Waals surface area contributed by atoms with Crippen LogP contribution in [0.25, 0.3) is 0 Å². The van der Waals surface area contributed by atoms with E-state index in [4.69, 9.17) is 13.8 Å². The third-order valence-electron chi connectivity index (χ3n) is 4.51. The minimum absolute atomic E-state index is 0.0290. The summed E-state index contributed by atoms with van der Waals surface area (Å²) in [5.41, 5.74) is 1.55. The summed E-state index contributed by atoms with van der Waals surface area (Å²) in [5.74, 6) is 0.410. The first-order valence-corrected chi connectivity index (χ1v) is 11.9. The van der Waals surface area contributed by atoms with Gasteiger partial charge in [0.05, 0.1) is 19.8 Å². The maximum absolute atomic E-state index is 13.1. The van der Waals surface area contributed by atoms with Crippen LogP contribution in [0.1, 0.15) is 66.1 Å². The molecule has 0 spiro atoms. The molecule has 7 nitrogen and oxygen atoms in total. The van der Waals surface area contributed by atoms with E-state index >= 15 is 0 Å². The summed E-state index contributed by atoms with van der Waals surface area (Å²) in [7, 11) is -3.44. The molecule has 2 rings (SSSR count). The van der Waals surface area contributed by atoms with E-state index in [2.05, 4.69) is 18.8 Å². The zero-order valence-electron chi connectivity index (χ0n) is 18.7. The first kappa shape index (κ1) is 23.8. The number of amides is 1. The van der Waals surface area contributed by atoms with Gasteiger partial charge < -0.3 is 18.7 Å². The molecule has 1 aliphatic heterocycles. The van der Waals surface area contributed by atoms with Crippen LogP contribution in [0.4, 0.5) is 4.79 Å². The molecule has 29 heavy (non-hydrogen) atoms. The van der Waals surface area contributed by atoms with Crippen molar-refractivity contribution in [3.63, 3.8) is 0 Å². The second kappa shape index (κ2) is 9.59. The van der Waals surface area contributed by atoms with Crippen LogP contribution in [-0.4, -0.2) is 40.8 Å². The Bertz CT molecular complexity index is 750. The average Bonchev–Trinajstić information content (AvgIpc) is 2.59. The standard InChI is InChI=1S/C21H35N2O5P/c1-8-26-29(25,27-9-2)19-11-10-16-14-23(20(24)28-21(5,6)7)17(12-15(3)4)13-18(16)22-19/h10-11,15,17H,8-9,12-14H2,1-7H3. The summed E-state index contributed by atoms with van der Waals surface area (Å²) in [6.07, 6.45) is 1.10. The van der Waals surface area contributed by atoms with Crippen molar-refractivity contribution in [3.8, 4) is 0 Å². The first-order chi connectivity index (χ1) is 13.5. The van der Waals surface area contributed by atoms with Crippen molar-refractivity contribution in [1.29, 1.82) is 0 Å². The zero-order chi connectivity index (χ0) is 21.8. The van der Waals surface area contributed by atoms with E-state index in [1.165, 1.54) is 0 Å². The molecule has 164 valence electrons. The number of hydrogen-bond donors (Lipinski definition) is 0. The number of nitrogens with zero attached hydrogens (tertiary/aromatic N) is 2. The van der Waals surface area contributed by atoms with Crippen molar-refractivity contribution in [2.24, 2.45) is 5.92 Å². The van der Waals surface area contributed by atoms with Crippen molar-refractivity contribution in [3.05, 3.63) is 23.4 Å². The molecule has 0 aliphatic carbocycles. The Morgan fingerprint density at radius 1 is 1.24 bits per heavy atom. The Balaban J connectivity index is 2.36. The third-order valence-corrected chi connectivity index (χ3v) is 6.52. The molecule has 1 unspecified atom stereocenters. The van der Waals surface area contributed by atoms with Crippen molar-refractivity contribution < 1.29 is 23.1 Å². The lowest BCUT2D eigenvalue weighted by Gasteiger charge is -2.38. The predicted molar refractivity (Wildman–Crippen MR) is 113 cm³/mol. The molecule has 1 atom stereocenters. The second-order valence-corrected chi connectivity index (χ2v) is 10.7. The highest BCUT2D eigenvalue weighted by Crippen LogP contribution is 2.46. The van der Waals surface area contributed by atoms with Gasteiger partial charge in [-0.1, -0.05) is 19.9 Å². The molecular formula is C21H35N2O5P. The fourth-order valence-electron chi connectivity index (χ4n) is 3.44. The van der Waals surface area contributed by atoms with Gasteiger partial charge in [-0.05, 0) is 58.6 Å². The van der Waals surface area contributed by atoms with Crippen molar-refractivity contribution in [1.82, 2.24) is 9.88 Å². The zero-order valence-corrected chi connectivity index (χ0v) is 19.6. The number of carbonyl (C=O) groups excluding carboxylic acids is 1.